The fraction of sp³-hybridized carbons (Fsp3) is 0.235. The molecule has 0 unspecified atom stereocenters. The molecule has 1 aromatic heterocycles. The van der Waals surface area contributed by atoms with Gasteiger partial charge in [0.2, 0.25) is 0 Å². The maximum Gasteiger partial charge on any atom is 0.168 e. The van der Waals surface area contributed by atoms with Gasteiger partial charge in [-0.15, -0.1) is 0 Å². The van der Waals surface area contributed by atoms with Gasteiger partial charge in [0, 0.05) is 38.3 Å². The third-order valence-corrected chi connectivity index (χ3v) is 3.11. The molecule has 0 aliphatic heterocycles. The molecule has 19 heavy (non-hydrogen) atoms. The lowest BCUT2D eigenvalue weighted by atomic mass is 10.1. The first kappa shape index (κ1) is 13.3. The van der Waals surface area contributed by atoms with E-state index < -0.39 is 0 Å². The third kappa shape index (κ3) is 4.25. The summed E-state index contributed by atoms with van der Waals surface area (Å²) in [5.74, 6) is 0. The van der Waals surface area contributed by atoms with Gasteiger partial charge in [-0.1, -0.05) is 36.4 Å². The number of hydrogen-bond acceptors (Lipinski definition) is 1. The molecule has 0 radical (unpaired) electrons. The average Bonchev–Trinajstić information content (AvgIpc) is 2.45. The quantitative estimate of drug-likeness (QED) is 0.743. The first-order chi connectivity index (χ1) is 9.25. The highest BCUT2D eigenvalue weighted by Gasteiger charge is 2.05. The van der Waals surface area contributed by atoms with Crippen LogP contribution >= 0.6 is 0 Å². The van der Waals surface area contributed by atoms with Crippen LogP contribution in [-0.2, 0) is 6.54 Å². The van der Waals surface area contributed by atoms with E-state index in [0.29, 0.717) is 0 Å². The smallest absolute Gasteiger partial charge is 0.168 e. The topological polar surface area (TPSA) is 7.12 Å². The third-order valence-electron chi connectivity index (χ3n) is 3.11. The molecule has 2 nitrogen and oxygen atoms in total. The lowest BCUT2D eigenvalue weighted by molar-refractivity contribution is -0.696. The van der Waals surface area contributed by atoms with Crippen molar-refractivity contribution in [3.05, 3.63) is 72.2 Å². The van der Waals surface area contributed by atoms with Crippen LogP contribution in [0.5, 0.6) is 0 Å². The summed E-state index contributed by atoms with van der Waals surface area (Å²) in [7, 11) is 4.20. The molecule has 0 aliphatic rings. The molecule has 0 saturated heterocycles. The van der Waals surface area contributed by atoms with E-state index in [2.05, 4.69) is 78.4 Å². The van der Waals surface area contributed by atoms with Gasteiger partial charge in [-0.25, -0.2) is 4.57 Å². The Labute approximate surface area is 115 Å². The summed E-state index contributed by atoms with van der Waals surface area (Å²) < 4.78 is 2.21. The first-order valence-electron chi connectivity index (χ1n) is 6.63. The summed E-state index contributed by atoms with van der Waals surface area (Å²) >= 11 is 0. The van der Waals surface area contributed by atoms with Gasteiger partial charge < -0.3 is 4.90 Å². The zero-order valence-electron chi connectivity index (χ0n) is 11.7. The molecule has 1 heterocycles. The number of benzene rings is 1. The van der Waals surface area contributed by atoms with Crippen molar-refractivity contribution >= 4 is 6.08 Å². The Hall–Kier alpha value is -2.09. The van der Waals surface area contributed by atoms with Crippen LogP contribution in [0.15, 0.2) is 66.6 Å². The second-order valence-corrected chi connectivity index (χ2v) is 4.80. The number of hydrogen-bond donors (Lipinski definition) is 0. The summed E-state index contributed by atoms with van der Waals surface area (Å²) in [6.07, 6.45) is 7.49. The minimum atomic E-state index is 0.998. The molecule has 2 heteroatoms. The Morgan fingerprint density at radius 1 is 1.00 bits per heavy atom. The fourth-order valence-electron chi connectivity index (χ4n) is 1.99. The number of aryl methyl sites for hydroxylation is 1. The van der Waals surface area contributed by atoms with Crippen LogP contribution < -0.4 is 4.57 Å². The number of aromatic nitrogens is 1. The Bertz CT molecular complexity index is 515. The molecule has 2 aromatic rings. The lowest BCUT2D eigenvalue weighted by Crippen LogP contribution is -2.33. The van der Waals surface area contributed by atoms with Crippen molar-refractivity contribution in [2.75, 3.05) is 14.1 Å². The van der Waals surface area contributed by atoms with Crippen LogP contribution in [0.1, 0.15) is 12.0 Å². The Morgan fingerprint density at radius 2 is 1.63 bits per heavy atom. The van der Waals surface area contributed by atoms with E-state index >= 15 is 0 Å². The van der Waals surface area contributed by atoms with Crippen molar-refractivity contribution in [2.45, 2.75) is 13.0 Å². The van der Waals surface area contributed by atoms with Crippen LogP contribution in [-0.4, -0.2) is 19.0 Å². The van der Waals surface area contributed by atoms with Crippen LogP contribution in [0.25, 0.3) is 6.08 Å². The van der Waals surface area contributed by atoms with Crippen LogP contribution in [0, 0.1) is 0 Å². The molecule has 0 spiro atoms. The molecule has 0 saturated carbocycles. The number of nitrogens with zero attached hydrogens (tertiary/aromatic N) is 2. The largest absolute Gasteiger partial charge is 0.381 e. The van der Waals surface area contributed by atoms with E-state index in [0.717, 1.165) is 13.0 Å². The van der Waals surface area contributed by atoms with Crippen LogP contribution in [0.4, 0.5) is 0 Å². The normalized spacial score (nSPS) is 11.4. The average molecular weight is 253 g/mol. The van der Waals surface area contributed by atoms with Crippen molar-refractivity contribution < 1.29 is 4.57 Å². The molecule has 0 fully saturated rings. The van der Waals surface area contributed by atoms with Gasteiger partial charge in [-0.05, 0) is 11.6 Å². The van der Waals surface area contributed by atoms with Crippen molar-refractivity contribution in [2.24, 2.45) is 0 Å². The second kappa shape index (κ2) is 6.74. The Morgan fingerprint density at radius 3 is 2.26 bits per heavy atom. The molecular formula is C17H21N2+. The summed E-state index contributed by atoms with van der Waals surface area (Å²) in [5.41, 5.74) is 2.59. The molecule has 0 bridgehead atoms. The summed E-state index contributed by atoms with van der Waals surface area (Å²) in [6, 6.07) is 16.6. The number of allylic oxidation sites excluding steroid dienone is 1. The van der Waals surface area contributed by atoms with E-state index in [1.165, 1.54) is 11.3 Å². The van der Waals surface area contributed by atoms with Gasteiger partial charge >= 0.3 is 0 Å². The zero-order valence-corrected chi connectivity index (χ0v) is 11.7. The van der Waals surface area contributed by atoms with Crippen molar-refractivity contribution in [1.82, 2.24) is 4.90 Å². The van der Waals surface area contributed by atoms with Crippen LogP contribution in [0.2, 0.25) is 0 Å². The predicted octanol–water partition coefficient (Wildman–Crippen LogP) is 2.97. The van der Waals surface area contributed by atoms with Gasteiger partial charge in [-0.2, -0.15) is 0 Å². The fourth-order valence-corrected chi connectivity index (χ4v) is 1.99. The van der Waals surface area contributed by atoms with Gasteiger partial charge in [0.15, 0.2) is 18.9 Å². The Balaban J connectivity index is 2.07. The molecule has 98 valence electrons. The number of pyridine rings is 1. The van der Waals surface area contributed by atoms with E-state index in [-0.39, 0.29) is 0 Å². The van der Waals surface area contributed by atoms with E-state index in [4.69, 9.17) is 0 Å². The zero-order chi connectivity index (χ0) is 13.5. The molecule has 1 aromatic carbocycles. The highest BCUT2D eigenvalue weighted by Crippen LogP contribution is 2.11. The molecule has 0 aliphatic carbocycles. The highest BCUT2D eigenvalue weighted by atomic mass is 15.1. The van der Waals surface area contributed by atoms with Gasteiger partial charge in [0.1, 0.15) is 0 Å². The second-order valence-electron chi connectivity index (χ2n) is 4.80. The summed E-state index contributed by atoms with van der Waals surface area (Å²) in [5, 5.41) is 0. The number of rotatable bonds is 5. The van der Waals surface area contributed by atoms with Crippen LogP contribution in [0.3, 0.4) is 0 Å². The molecule has 0 N–H and O–H groups in total. The van der Waals surface area contributed by atoms with Crippen molar-refractivity contribution in [3.8, 4) is 0 Å². The minimum absolute atomic E-state index is 0.998. The first-order valence-corrected chi connectivity index (χ1v) is 6.63. The molecule has 0 amide bonds. The molecule has 2 rings (SSSR count). The van der Waals surface area contributed by atoms with E-state index in [1.807, 2.05) is 12.1 Å². The lowest BCUT2D eigenvalue weighted by Gasteiger charge is -2.16. The standard InChI is InChI=1S/C17H21N2/c1-18(2)17(15-16-9-5-3-6-10-16)11-14-19-12-7-4-8-13-19/h3-10,12-13,15H,11,14H2,1-2H3/q+1. The van der Waals surface area contributed by atoms with E-state index in [1.54, 1.807) is 0 Å². The molecule has 0 atom stereocenters. The van der Waals surface area contributed by atoms with Gasteiger partial charge in [0.25, 0.3) is 0 Å². The summed E-state index contributed by atoms with van der Waals surface area (Å²) in [4.78, 5) is 2.19. The summed E-state index contributed by atoms with van der Waals surface area (Å²) in [6.45, 7) is 0.998. The Kier molecular flexibility index (Phi) is 4.73. The predicted molar refractivity (Wildman–Crippen MR) is 79.4 cm³/mol. The minimum Gasteiger partial charge on any atom is -0.381 e. The maximum atomic E-state index is 2.25. The van der Waals surface area contributed by atoms with Crippen molar-refractivity contribution in [1.29, 1.82) is 0 Å². The SMILES string of the molecule is CN(C)C(=Cc1ccccc1)CC[n+]1ccccc1. The molecular weight excluding hydrogens is 232 g/mol. The van der Waals surface area contributed by atoms with Gasteiger partial charge in [0.05, 0.1) is 0 Å². The van der Waals surface area contributed by atoms with Gasteiger partial charge in [-0.3, -0.25) is 0 Å². The highest BCUT2D eigenvalue weighted by molar-refractivity contribution is 5.51. The maximum absolute atomic E-state index is 2.25. The monoisotopic (exact) mass is 253 g/mol. The van der Waals surface area contributed by atoms with Crippen molar-refractivity contribution in [3.63, 3.8) is 0 Å². The van der Waals surface area contributed by atoms with E-state index in [9.17, 15) is 0 Å².